The van der Waals surface area contributed by atoms with Gasteiger partial charge in [-0.3, -0.25) is 0 Å². The number of rotatable bonds is 5. The Morgan fingerprint density at radius 1 is 1.18 bits per heavy atom. The molecule has 96 valence electrons. The number of hydrogen-bond acceptors (Lipinski definition) is 1. The van der Waals surface area contributed by atoms with E-state index in [4.69, 9.17) is 5.73 Å². The quantitative estimate of drug-likeness (QED) is 0.835. The van der Waals surface area contributed by atoms with Crippen molar-refractivity contribution in [3.8, 4) is 0 Å². The van der Waals surface area contributed by atoms with Crippen molar-refractivity contribution in [1.82, 2.24) is 0 Å². The van der Waals surface area contributed by atoms with Gasteiger partial charge in [-0.25, -0.2) is 0 Å². The van der Waals surface area contributed by atoms with Crippen LogP contribution in [0, 0.1) is 0 Å². The van der Waals surface area contributed by atoms with E-state index in [1.807, 2.05) is 6.92 Å². The van der Waals surface area contributed by atoms with E-state index < -0.39 is 11.7 Å². The first-order valence-electron chi connectivity index (χ1n) is 5.86. The Morgan fingerprint density at radius 2 is 1.82 bits per heavy atom. The van der Waals surface area contributed by atoms with Crippen LogP contribution in [0.1, 0.15) is 43.2 Å². The van der Waals surface area contributed by atoms with Crippen molar-refractivity contribution >= 4 is 0 Å². The van der Waals surface area contributed by atoms with Crippen molar-refractivity contribution in [2.45, 2.75) is 38.3 Å². The van der Waals surface area contributed by atoms with Crippen LogP contribution in [0.5, 0.6) is 0 Å². The molecule has 0 heterocycles. The lowest BCUT2D eigenvalue weighted by molar-refractivity contribution is -0.138. The predicted octanol–water partition coefficient (Wildman–Crippen LogP) is 3.94. The zero-order valence-electron chi connectivity index (χ0n) is 9.93. The summed E-state index contributed by atoms with van der Waals surface area (Å²) in [5.41, 5.74) is 5.34. The molecule has 2 N–H and O–H groups in total. The fourth-order valence-electron chi connectivity index (χ4n) is 2.12. The zero-order chi connectivity index (χ0) is 12.9. The van der Waals surface area contributed by atoms with Crippen LogP contribution < -0.4 is 5.73 Å². The molecule has 17 heavy (non-hydrogen) atoms. The molecule has 1 aromatic rings. The largest absolute Gasteiger partial charge is 0.416 e. The van der Waals surface area contributed by atoms with Gasteiger partial charge >= 0.3 is 6.18 Å². The maximum atomic E-state index is 12.9. The molecule has 0 saturated heterocycles. The van der Waals surface area contributed by atoms with E-state index in [0.29, 0.717) is 18.5 Å². The Hall–Kier alpha value is -1.03. The second-order valence-corrected chi connectivity index (χ2v) is 4.15. The van der Waals surface area contributed by atoms with Gasteiger partial charge in [-0.15, -0.1) is 0 Å². The van der Waals surface area contributed by atoms with Crippen molar-refractivity contribution in [3.63, 3.8) is 0 Å². The van der Waals surface area contributed by atoms with Gasteiger partial charge in [-0.2, -0.15) is 13.2 Å². The highest BCUT2D eigenvalue weighted by Gasteiger charge is 2.34. The molecule has 0 aliphatic carbocycles. The van der Waals surface area contributed by atoms with Gasteiger partial charge in [-0.05, 0) is 36.9 Å². The lowest BCUT2D eigenvalue weighted by atomic mass is 9.88. The average molecular weight is 245 g/mol. The molecule has 0 aromatic heterocycles. The molecule has 0 saturated carbocycles. The van der Waals surface area contributed by atoms with E-state index in [1.54, 1.807) is 12.1 Å². The number of alkyl halides is 3. The summed E-state index contributed by atoms with van der Waals surface area (Å²) >= 11 is 0. The maximum absolute atomic E-state index is 12.9. The highest BCUT2D eigenvalue weighted by Crippen LogP contribution is 2.37. The van der Waals surface area contributed by atoms with Crippen molar-refractivity contribution in [2.24, 2.45) is 5.73 Å². The minimum absolute atomic E-state index is 0.0946. The van der Waals surface area contributed by atoms with Gasteiger partial charge in [0.1, 0.15) is 0 Å². The van der Waals surface area contributed by atoms with Gasteiger partial charge in [-0.1, -0.05) is 31.5 Å². The van der Waals surface area contributed by atoms with Crippen molar-refractivity contribution in [3.05, 3.63) is 35.4 Å². The van der Waals surface area contributed by atoms with Crippen molar-refractivity contribution < 1.29 is 13.2 Å². The normalized spacial score (nSPS) is 13.7. The van der Waals surface area contributed by atoms with E-state index in [9.17, 15) is 13.2 Å². The fraction of sp³-hybridized carbons (Fsp3) is 0.538. The molecule has 1 rings (SSSR count). The minimum Gasteiger partial charge on any atom is -0.330 e. The lowest BCUT2D eigenvalue weighted by Crippen LogP contribution is -2.14. The molecule has 0 spiro atoms. The summed E-state index contributed by atoms with van der Waals surface area (Å²) in [4.78, 5) is 0. The SMILES string of the molecule is CCCC(CCN)c1ccccc1C(F)(F)F. The molecule has 0 fully saturated rings. The van der Waals surface area contributed by atoms with Crippen LogP contribution >= 0.6 is 0 Å². The molecule has 1 unspecified atom stereocenters. The summed E-state index contributed by atoms with van der Waals surface area (Å²) in [5.74, 6) is -0.0946. The molecule has 1 nitrogen and oxygen atoms in total. The summed E-state index contributed by atoms with van der Waals surface area (Å²) < 4.78 is 38.6. The van der Waals surface area contributed by atoms with Gasteiger partial charge in [0.2, 0.25) is 0 Å². The highest BCUT2D eigenvalue weighted by atomic mass is 19.4. The third-order valence-electron chi connectivity index (χ3n) is 2.86. The summed E-state index contributed by atoms with van der Waals surface area (Å²) in [5, 5.41) is 0. The van der Waals surface area contributed by atoms with Crippen LogP contribution in [0.25, 0.3) is 0 Å². The monoisotopic (exact) mass is 245 g/mol. The Balaban J connectivity index is 3.09. The Bertz CT molecular complexity index is 341. The van der Waals surface area contributed by atoms with Crippen LogP contribution in [-0.4, -0.2) is 6.54 Å². The second-order valence-electron chi connectivity index (χ2n) is 4.15. The van der Waals surface area contributed by atoms with Crippen molar-refractivity contribution in [2.75, 3.05) is 6.54 Å². The second kappa shape index (κ2) is 6.05. The van der Waals surface area contributed by atoms with Gasteiger partial charge in [0, 0.05) is 0 Å². The molecule has 0 aliphatic heterocycles. The molecule has 0 bridgehead atoms. The van der Waals surface area contributed by atoms with Gasteiger partial charge in [0.05, 0.1) is 5.56 Å². The third kappa shape index (κ3) is 3.73. The maximum Gasteiger partial charge on any atom is 0.416 e. The van der Waals surface area contributed by atoms with Crippen LogP contribution in [0.3, 0.4) is 0 Å². The first kappa shape index (κ1) is 14.0. The molecular formula is C13H18F3N. The summed E-state index contributed by atoms with van der Waals surface area (Å²) in [6, 6.07) is 5.80. The Morgan fingerprint density at radius 3 is 2.35 bits per heavy atom. The summed E-state index contributed by atoms with van der Waals surface area (Å²) in [6.07, 6.45) is -2.08. The molecular weight excluding hydrogens is 227 g/mol. The van der Waals surface area contributed by atoms with Crippen LogP contribution in [0.2, 0.25) is 0 Å². The van der Waals surface area contributed by atoms with E-state index >= 15 is 0 Å². The minimum atomic E-state index is -4.28. The first-order chi connectivity index (χ1) is 8.00. The van der Waals surface area contributed by atoms with Gasteiger partial charge in [0.25, 0.3) is 0 Å². The smallest absolute Gasteiger partial charge is 0.330 e. The van der Waals surface area contributed by atoms with Crippen molar-refractivity contribution in [1.29, 1.82) is 0 Å². The third-order valence-corrected chi connectivity index (χ3v) is 2.86. The summed E-state index contributed by atoms with van der Waals surface area (Å²) in [6.45, 7) is 2.39. The van der Waals surface area contributed by atoms with E-state index in [-0.39, 0.29) is 5.92 Å². The predicted molar refractivity (Wildman–Crippen MR) is 62.8 cm³/mol. The van der Waals surface area contributed by atoms with Gasteiger partial charge < -0.3 is 5.73 Å². The van der Waals surface area contributed by atoms with Crippen LogP contribution in [-0.2, 0) is 6.18 Å². The number of halogens is 3. The number of benzene rings is 1. The Labute approximate surface area is 99.8 Å². The fourth-order valence-corrected chi connectivity index (χ4v) is 2.12. The molecule has 1 aromatic carbocycles. The van der Waals surface area contributed by atoms with E-state index in [2.05, 4.69) is 0 Å². The molecule has 0 aliphatic rings. The van der Waals surface area contributed by atoms with Crippen LogP contribution in [0.15, 0.2) is 24.3 Å². The van der Waals surface area contributed by atoms with Gasteiger partial charge in [0.15, 0.2) is 0 Å². The molecule has 0 amide bonds. The molecule has 4 heteroatoms. The van der Waals surface area contributed by atoms with Crippen LogP contribution in [0.4, 0.5) is 13.2 Å². The molecule has 1 atom stereocenters. The van der Waals surface area contributed by atoms with E-state index in [1.165, 1.54) is 6.07 Å². The first-order valence-corrected chi connectivity index (χ1v) is 5.86. The molecule has 0 radical (unpaired) electrons. The number of nitrogens with two attached hydrogens (primary N) is 1. The Kier molecular flexibility index (Phi) is 5.00. The lowest BCUT2D eigenvalue weighted by Gasteiger charge is -2.20. The standard InChI is InChI=1S/C13H18F3N/c1-2-5-10(8-9-17)11-6-3-4-7-12(11)13(14,15)16/h3-4,6-7,10H,2,5,8-9,17H2,1H3. The zero-order valence-corrected chi connectivity index (χ0v) is 9.93. The highest BCUT2D eigenvalue weighted by molar-refractivity contribution is 5.32. The van der Waals surface area contributed by atoms with E-state index in [0.717, 1.165) is 18.9 Å². The summed E-state index contributed by atoms with van der Waals surface area (Å²) in [7, 11) is 0. The average Bonchev–Trinajstić information content (AvgIpc) is 2.28. The topological polar surface area (TPSA) is 26.0 Å². The number of hydrogen-bond donors (Lipinski definition) is 1.